The van der Waals surface area contributed by atoms with Gasteiger partial charge in [-0.25, -0.2) is 4.79 Å². The molecule has 4 amide bonds. The van der Waals surface area contributed by atoms with Crippen LogP contribution >= 0.6 is 0 Å². The van der Waals surface area contributed by atoms with E-state index in [1.165, 1.54) is 0 Å². The van der Waals surface area contributed by atoms with E-state index in [1.54, 1.807) is 31.2 Å². The Bertz CT molecular complexity index is 1070. The number of imide groups is 1. The molecule has 8 nitrogen and oxygen atoms in total. The van der Waals surface area contributed by atoms with E-state index in [1.807, 2.05) is 26.0 Å². The van der Waals surface area contributed by atoms with E-state index in [0.29, 0.717) is 36.0 Å². The fraction of sp³-hybridized carbons (Fsp3) is 0.348. The molecule has 0 aliphatic carbocycles. The molecule has 1 atom stereocenters. The van der Waals surface area contributed by atoms with E-state index in [2.05, 4.69) is 10.6 Å². The second-order valence-electron chi connectivity index (χ2n) is 7.95. The van der Waals surface area contributed by atoms with Crippen molar-refractivity contribution in [3.05, 3.63) is 53.1 Å². The molecule has 2 aliphatic rings. The normalized spacial score (nSPS) is 20.3. The van der Waals surface area contributed by atoms with Crippen molar-refractivity contribution in [2.75, 3.05) is 25.1 Å². The first-order valence-electron chi connectivity index (χ1n) is 10.2. The first-order chi connectivity index (χ1) is 14.8. The number of benzene rings is 2. The molecule has 162 valence electrons. The highest BCUT2D eigenvalue weighted by Crippen LogP contribution is 2.36. The van der Waals surface area contributed by atoms with Crippen LogP contribution in [0.4, 0.5) is 10.5 Å². The molecule has 0 spiro atoms. The number of nitrogens with one attached hydrogen (secondary N) is 2. The summed E-state index contributed by atoms with van der Waals surface area (Å²) in [5.74, 6) is 0.194. The van der Waals surface area contributed by atoms with Crippen molar-refractivity contribution in [2.45, 2.75) is 32.7 Å². The monoisotopic (exact) mass is 423 g/mol. The summed E-state index contributed by atoms with van der Waals surface area (Å²) in [6, 6.07) is 10.1. The van der Waals surface area contributed by atoms with Crippen molar-refractivity contribution < 1.29 is 23.9 Å². The maximum atomic E-state index is 13.2. The van der Waals surface area contributed by atoms with Crippen LogP contribution in [0.25, 0.3) is 0 Å². The third kappa shape index (κ3) is 3.81. The largest absolute Gasteiger partial charge is 0.490 e. The zero-order valence-electron chi connectivity index (χ0n) is 17.8. The van der Waals surface area contributed by atoms with Crippen LogP contribution in [0.15, 0.2) is 36.4 Å². The molecular weight excluding hydrogens is 398 g/mol. The summed E-state index contributed by atoms with van der Waals surface area (Å²) in [4.78, 5) is 39.3. The maximum Gasteiger partial charge on any atom is 0.325 e. The lowest BCUT2D eigenvalue weighted by Crippen LogP contribution is -2.42. The van der Waals surface area contributed by atoms with E-state index in [0.717, 1.165) is 22.4 Å². The van der Waals surface area contributed by atoms with Gasteiger partial charge in [-0.15, -0.1) is 0 Å². The van der Waals surface area contributed by atoms with Crippen LogP contribution in [0, 0.1) is 13.8 Å². The SMILES string of the molecule is Cc1cccc(NC(=O)CN2C(=O)N[C@@](C)(c3ccc4c(c3)OCCCO4)C2=O)c1C. The number of anilines is 1. The van der Waals surface area contributed by atoms with Crippen molar-refractivity contribution >= 4 is 23.5 Å². The highest BCUT2D eigenvalue weighted by Gasteiger charge is 2.49. The van der Waals surface area contributed by atoms with E-state index in [4.69, 9.17) is 9.47 Å². The molecule has 2 aromatic carbocycles. The molecule has 2 aromatic rings. The molecule has 0 saturated carbocycles. The van der Waals surface area contributed by atoms with Gasteiger partial charge in [-0.3, -0.25) is 14.5 Å². The van der Waals surface area contributed by atoms with Gasteiger partial charge < -0.3 is 20.1 Å². The van der Waals surface area contributed by atoms with Crippen molar-refractivity contribution in [1.29, 1.82) is 0 Å². The average molecular weight is 423 g/mol. The van der Waals surface area contributed by atoms with Gasteiger partial charge in [-0.1, -0.05) is 18.2 Å². The van der Waals surface area contributed by atoms with Gasteiger partial charge in [0.25, 0.3) is 5.91 Å². The lowest BCUT2D eigenvalue weighted by Gasteiger charge is -2.23. The zero-order valence-corrected chi connectivity index (χ0v) is 17.8. The number of fused-ring (bicyclic) bond motifs is 1. The van der Waals surface area contributed by atoms with Gasteiger partial charge in [0.15, 0.2) is 11.5 Å². The van der Waals surface area contributed by atoms with Crippen molar-refractivity contribution in [1.82, 2.24) is 10.2 Å². The molecule has 0 radical (unpaired) electrons. The van der Waals surface area contributed by atoms with Crippen molar-refractivity contribution in [3.8, 4) is 11.5 Å². The second kappa shape index (κ2) is 7.94. The third-order valence-electron chi connectivity index (χ3n) is 5.78. The molecule has 2 heterocycles. The highest BCUT2D eigenvalue weighted by molar-refractivity contribution is 6.10. The van der Waals surface area contributed by atoms with Gasteiger partial charge in [-0.05, 0) is 55.7 Å². The summed E-state index contributed by atoms with van der Waals surface area (Å²) in [6.07, 6.45) is 0.764. The van der Waals surface area contributed by atoms with Gasteiger partial charge in [0.2, 0.25) is 5.91 Å². The molecule has 4 rings (SSSR count). The Balaban J connectivity index is 1.52. The second-order valence-corrected chi connectivity index (χ2v) is 7.95. The number of nitrogens with zero attached hydrogens (tertiary/aromatic N) is 1. The summed E-state index contributed by atoms with van der Waals surface area (Å²) in [5, 5.41) is 5.50. The van der Waals surface area contributed by atoms with E-state index in [9.17, 15) is 14.4 Å². The fourth-order valence-electron chi connectivity index (χ4n) is 3.73. The van der Waals surface area contributed by atoms with E-state index < -0.39 is 23.4 Å². The number of aryl methyl sites for hydroxylation is 1. The van der Waals surface area contributed by atoms with Gasteiger partial charge in [0.05, 0.1) is 13.2 Å². The van der Waals surface area contributed by atoms with E-state index >= 15 is 0 Å². The molecule has 8 heteroatoms. The maximum absolute atomic E-state index is 13.2. The number of carbonyl (C=O) groups is 3. The Hall–Kier alpha value is -3.55. The van der Waals surface area contributed by atoms with Crippen molar-refractivity contribution in [2.24, 2.45) is 0 Å². The number of carbonyl (C=O) groups excluding carboxylic acids is 3. The molecular formula is C23H25N3O5. The smallest absolute Gasteiger partial charge is 0.325 e. The standard InChI is InChI=1S/C23H25N3O5/c1-14-6-4-7-17(15(14)2)24-20(27)13-26-21(28)23(3,25-22(26)29)16-8-9-18-19(12-16)31-11-5-10-30-18/h4,6-9,12H,5,10-11,13H2,1-3H3,(H,24,27)(H,25,29)/t23-/m0/s1. The molecule has 0 unspecified atom stereocenters. The Kier molecular flexibility index (Phi) is 5.31. The van der Waals surface area contributed by atoms with Gasteiger partial charge in [0, 0.05) is 12.1 Å². The Morgan fingerprint density at radius 3 is 2.65 bits per heavy atom. The Morgan fingerprint density at radius 1 is 1.13 bits per heavy atom. The quantitative estimate of drug-likeness (QED) is 0.737. The predicted molar refractivity (Wildman–Crippen MR) is 114 cm³/mol. The minimum Gasteiger partial charge on any atom is -0.490 e. The highest BCUT2D eigenvalue weighted by atomic mass is 16.5. The van der Waals surface area contributed by atoms with Crippen LogP contribution < -0.4 is 20.1 Å². The summed E-state index contributed by atoms with van der Waals surface area (Å²) in [5.41, 5.74) is 1.89. The number of amides is 4. The summed E-state index contributed by atoms with van der Waals surface area (Å²) in [6.45, 7) is 6.16. The number of urea groups is 1. The van der Waals surface area contributed by atoms with Gasteiger partial charge >= 0.3 is 6.03 Å². The van der Waals surface area contributed by atoms with Gasteiger partial charge in [0.1, 0.15) is 12.1 Å². The summed E-state index contributed by atoms with van der Waals surface area (Å²) in [7, 11) is 0. The van der Waals surface area contributed by atoms with Crippen LogP contribution in [0.2, 0.25) is 0 Å². The van der Waals surface area contributed by atoms with E-state index in [-0.39, 0.29) is 6.54 Å². The molecule has 0 aromatic heterocycles. The van der Waals surface area contributed by atoms with Crippen LogP contribution in [0.5, 0.6) is 11.5 Å². The Labute approximate surface area is 180 Å². The lowest BCUT2D eigenvalue weighted by molar-refractivity contribution is -0.133. The molecule has 1 fully saturated rings. The molecule has 2 N–H and O–H groups in total. The van der Waals surface area contributed by atoms with Crippen LogP contribution in [-0.4, -0.2) is 42.5 Å². The van der Waals surface area contributed by atoms with Crippen molar-refractivity contribution in [3.63, 3.8) is 0 Å². The first kappa shape index (κ1) is 20.7. The molecule has 31 heavy (non-hydrogen) atoms. The number of hydrogen-bond acceptors (Lipinski definition) is 5. The number of ether oxygens (including phenoxy) is 2. The van der Waals surface area contributed by atoms with Crippen LogP contribution in [0.3, 0.4) is 0 Å². The average Bonchev–Trinajstić information content (AvgIpc) is 2.91. The van der Waals surface area contributed by atoms with Crippen LogP contribution in [-0.2, 0) is 15.1 Å². The minimum atomic E-state index is -1.30. The third-order valence-corrected chi connectivity index (χ3v) is 5.78. The summed E-state index contributed by atoms with van der Waals surface area (Å²) >= 11 is 0. The van der Waals surface area contributed by atoms with Crippen LogP contribution in [0.1, 0.15) is 30.0 Å². The van der Waals surface area contributed by atoms with Gasteiger partial charge in [-0.2, -0.15) is 0 Å². The molecule has 2 aliphatic heterocycles. The summed E-state index contributed by atoms with van der Waals surface area (Å²) < 4.78 is 11.3. The first-order valence-corrected chi connectivity index (χ1v) is 10.2. The Morgan fingerprint density at radius 2 is 1.87 bits per heavy atom. The number of rotatable bonds is 4. The molecule has 1 saturated heterocycles. The fourth-order valence-corrected chi connectivity index (χ4v) is 3.73. The topological polar surface area (TPSA) is 97.0 Å². The number of hydrogen-bond donors (Lipinski definition) is 2. The lowest BCUT2D eigenvalue weighted by atomic mass is 9.91. The molecule has 0 bridgehead atoms. The minimum absolute atomic E-state index is 0.377. The zero-order chi connectivity index (χ0) is 22.2. The predicted octanol–water partition coefficient (Wildman–Crippen LogP) is 2.87.